The number of aliphatic carboxylic acids is 1. The van der Waals surface area contributed by atoms with E-state index in [4.69, 9.17) is 19.5 Å². The summed E-state index contributed by atoms with van der Waals surface area (Å²) in [5.41, 5.74) is 0.582. The van der Waals surface area contributed by atoms with E-state index in [0.717, 1.165) is 50.5 Å². The van der Waals surface area contributed by atoms with Gasteiger partial charge in [0.1, 0.15) is 0 Å². The molecule has 0 radical (unpaired) electrons. The van der Waals surface area contributed by atoms with Crippen molar-refractivity contribution in [1.29, 1.82) is 10.5 Å². The Hall–Kier alpha value is -4.70. The van der Waals surface area contributed by atoms with Crippen LogP contribution in [0.4, 0.5) is 13.2 Å². The number of carbonyl (C=O) groups is 1. The van der Waals surface area contributed by atoms with Crippen LogP contribution in [0.2, 0.25) is 0 Å². The summed E-state index contributed by atoms with van der Waals surface area (Å²) in [6, 6.07) is 18.2. The largest absolute Gasteiger partial charge is 0.494 e. The summed E-state index contributed by atoms with van der Waals surface area (Å²) >= 11 is 0. The number of nitriles is 2. The molecular weight excluding hydrogens is 609 g/mol. The molecule has 0 saturated heterocycles. The maximum Gasteiger partial charge on any atom is 0.314 e. The molecule has 7 nitrogen and oxygen atoms in total. The molecule has 0 amide bonds. The van der Waals surface area contributed by atoms with Gasteiger partial charge in [0.2, 0.25) is 0 Å². The Morgan fingerprint density at radius 1 is 0.702 bits per heavy atom. The average Bonchev–Trinajstić information content (AvgIpc) is 3.09. The fraction of sp³-hybridized carbons (Fsp3) is 0.432. The van der Waals surface area contributed by atoms with E-state index < -0.39 is 28.4 Å². The highest BCUT2D eigenvalue weighted by atomic mass is 19.1. The number of hydrogen-bond acceptors (Lipinski definition) is 6. The molecule has 10 heteroatoms. The number of benzene rings is 3. The van der Waals surface area contributed by atoms with Crippen LogP contribution in [0.25, 0.3) is 0 Å². The first kappa shape index (κ1) is 36.8. The fourth-order valence-corrected chi connectivity index (χ4v) is 6.24. The Morgan fingerprint density at radius 3 is 1.57 bits per heavy atom. The second kappa shape index (κ2) is 17.3. The van der Waals surface area contributed by atoms with Crippen LogP contribution in [0.15, 0.2) is 54.6 Å². The zero-order valence-electron chi connectivity index (χ0n) is 27.1. The number of halogens is 3. The third-order valence-corrected chi connectivity index (χ3v) is 8.95. The quantitative estimate of drug-likeness (QED) is 0.273. The van der Waals surface area contributed by atoms with E-state index in [2.05, 4.69) is 6.07 Å². The van der Waals surface area contributed by atoms with Gasteiger partial charge in [0.05, 0.1) is 50.7 Å². The number of rotatable bonds is 7. The Morgan fingerprint density at radius 2 is 1.15 bits per heavy atom. The highest BCUT2D eigenvalue weighted by Crippen LogP contribution is 2.41. The minimum atomic E-state index is -0.925. The van der Waals surface area contributed by atoms with Crippen LogP contribution < -0.4 is 14.2 Å². The summed E-state index contributed by atoms with van der Waals surface area (Å²) in [6.45, 7) is 0. The molecule has 0 aliphatic heterocycles. The van der Waals surface area contributed by atoms with Gasteiger partial charge in [-0.3, -0.25) is 4.79 Å². The van der Waals surface area contributed by atoms with E-state index in [1.165, 1.54) is 58.1 Å². The predicted molar refractivity (Wildman–Crippen MR) is 171 cm³/mol. The Bertz CT molecular complexity index is 1590. The molecule has 5 rings (SSSR count). The summed E-state index contributed by atoms with van der Waals surface area (Å²) in [6.07, 6.45) is 9.09. The summed E-state index contributed by atoms with van der Waals surface area (Å²) in [4.78, 5) is 11.6. The van der Waals surface area contributed by atoms with Crippen LogP contribution in [0.3, 0.4) is 0 Å². The molecule has 0 spiro atoms. The standard InChI is InChI=1S/C14H16FNO.C14H17FO3.C9H8FNO/c1-17-13-6-5-11(9-12(13)15)14(10-16)7-3-2-4-8-14;1-18-12-6-5-10(9-11(12)15)14(13(16)17)7-3-2-4-8-14;1-12-9-3-2-7(4-5-11)6-8(9)10/h5-6,9H,2-4,7-8H2,1H3;5-6,9H,2-4,7-8H2,1H3,(H,16,17);2-3,6H,4H2,1H3. The van der Waals surface area contributed by atoms with Crippen LogP contribution in [0, 0.1) is 40.1 Å². The zero-order valence-corrected chi connectivity index (χ0v) is 27.1. The van der Waals surface area contributed by atoms with Crippen molar-refractivity contribution in [3.8, 4) is 29.4 Å². The van der Waals surface area contributed by atoms with Crippen molar-refractivity contribution in [1.82, 2.24) is 0 Å². The van der Waals surface area contributed by atoms with Crippen molar-refractivity contribution in [3.05, 3.63) is 88.7 Å². The number of hydrogen-bond donors (Lipinski definition) is 1. The van der Waals surface area contributed by atoms with Gasteiger partial charge in [-0.1, -0.05) is 56.7 Å². The van der Waals surface area contributed by atoms with E-state index in [9.17, 15) is 28.3 Å². The van der Waals surface area contributed by atoms with Crippen molar-refractivity contribution >= 4 is 5.97 Å². The molecule has 0 heterocycles. The van der Waals surface area contributed by atoms with Crippen molar-refractivity contribution in [2.24, 2.45) is 0 Å². The van der Waals surface area contributed by atoms with Gasteiger partial charge in [0, 0.05) is 0 Å². The molecule has 0 atom stereocenters. The van der Waals surface area contributed by atoms with Crippen molar-refractivity contribution in [3.63, 3.8) is 0 Å². The maximum atomic E-state index is 13.7. The van der Waals surface area contributed by atoms with Crippen LogP contribution in [0.5, 0.6) is 17.2 Å². The number of methoxy groups -OCH3 is 3. The highest BCUT2D eigenvalue weighted by molar-refractivity contribution is 5.81. The summed E-state index contributed by atoms with van der Waals surface area (Å²) in [7, 11) is 4.24. The number of nitrogens with zero attached hydrogens (tertiary/aromatic N) is 2. The molecule has 0 aromatic heterocycles. The lowest BCUT2D eigenvalue weighted by Gasteiger charge is -2.33. The molecule has 2 aliphatic rings. The topological polar surface area (TPSA) is 113 Å². The predicted octanol–water partition coefficient (Wildman–Crippen LogP) is 8.58. The molecule has 0 bridgehead atoms. The molecular formula is C37H41F3N2O5. The highest BCUT2D eigenvalue weighted by Gasteiger charge is 2.41. The van der Waals surface area contributed by atoms with Crippen LogP contribution in [0.1, 0.15) is 80.9 Å². The number of ether oxygens (including phenoxy) is 3. The summed E-state index contributed by atoms with van der Waals surface area (Å²) in [5, 5.41) is 27.2. The van der Waals surface area contributed by atoms with E-state index in [1.807, 2.05) is 12.1 Å². The van der Waals surface area contributed by atoms with Crippen LogP contribution in [-0.4, -0.2) is 32.4 Å². The van der Waals surface area contributed by atoms with Crippen molar-refractivity contribution < 1.29 is 37.3 Å². The van der Waals surface area contributed by atoms with Gasteiger partial charge in [-0.05, 0) is 78.8 Å². The zero-order chi connectivity index (χ0) is 34.5. The third-order valence-electron chi connectivity index (χ3n) is 8.95. The van der Waals surface area contributed by atoms with Gasteiger partial charge < -0.3 is 19.3 Å². The van der Waals surface area contributed by atoms with Crippen molar-refractivity contribution in [2.45, 2.75) is 81.5 Å². The number of carboxylic acid groups (broad SMARTS) is 1. The molecule has 2 aliphatic carbocycles. The second-order valence-electron chi connectivity index (χ2n) is 11.7. The summed E-state index contributed by atoms with van der Waals surface area (Å²) in [5.74, 6) is -1.58. The normalized spacial score (nSPS) is 16.0. The minimum absolute atomic E-state index is 0.148. The lowest BCUT2D eigenvalue weighted by Crippen LogP contribution is -2.37. The van der Waals surface area contributed by atoms with E-state index in [1.54, 1.807) is 18.2 Å². The second-order valence-corrected chi connectivity index (χ2v) is 11.7. The van der Waals surface area contributed by atoms with Crippen LogP contribution >= 0.6 is 0 Å². The molecule has 2 fully saturated rings. The molecule has 2 saturated carbocycles. The summed E-state index contributed by atoms with van der Waals surface area (Å²) < 4.78 is 54.8. The average molecular weight is 651 g/mol. The fourth-order valence-electron chi connectivity index (χ4n) is 6.24. The van der Waals surface area contributed by atoms with Crippen molar-refractivity contribution in [2.75, 3.05) is 21.3 Å². The third kappa shape index (κ3) is 8.98. The molecule has 3 aromatic rings. The Balaban J connectivity index is 0.000000196. The van der Waals surface area contributed by atoms with E-state index in [0.29, 0.717) is 24.0 Å². The van der Waals surface area contributed by atoms with Gasteiger partial charge in [-0.2, -0.15) is 10.5 Å². The van der Waals surface area contributed by atoms with Gasteiger partial charge in [0.15, 0.2) is 34.7 Å². The lowest BCUT2D eigenvalue weighted by atomic mass is 9.69. The smallest absolute Gasteiger partial charge is 0.314 e. The SMILES string of the molecule is COc1ccc(C2(C#N)CCCCC2)cc1F.COc1ccc(C2(C(=O)O)CCCCC2)cc1F.COc1ccc(CC#N)cc1F. The minimum Gasteiger partial charge on any atom is -0.494 e. The first-order chi connectivity index (χ1) is 22.6. The Kier molecular flexibility index (Phi) is 13.5. The lowest BCUT2D eigenvalue weighted by molar-refractivity contribution is -0.145. The molecule has 3 aromatic carbocycles. The van der Waals surface area contributed by atoms with Gasteiger partial charge >= 0.3 is 5.97 Å². The molecule has 47 heavy (non-hydrogen) atoms. The van der Waals surface area contributed by atoms with E-state index >= 15 is 0 Å². The maximum absolute atomic E-state index is 13.7. The first-order valence-electron chi connectivity index (χ1n) is 15.6. The Labute approximate surface area is 274 Å². The van der Waals surface area contributed by atoms with Gasteiger partial charge in [-0.15, -0.1) is 0 Å². The monoisotopic (exact) mass is 650 g/mol. The van der Waals surface area contributed by atoms with Crippen LogP contribution in [-0.2, 0) is 22.0 Å². The molecule has 250 valence electrons. The van der Waals surface area contributed by atoms with Gasteiger partial charge in [0.25, 0.3) is 0 Å². The molecule has 0 unspecified atom stereocenters. The number of carboxylic acids is 1. The van der Waals surface area contributed by atoms with E-state index in [-0.39, 0.29) is 29.5 Å². The first-order valence-corrected chi connectivity index (χ1v) is 15.6. The van der Waals surface area contributed by atoms with Gasteiger partial charge in [-0.25, -0.2) is 13.2 Å². The molecule has 1 N–H and O–H groups in total.